The summed E-state index contributed by atoms with van der Waals surface area (Å²) in [5.41, 5.74) is 3.11. The van der Waals surface area contributed by atoms with E-state index in [0.717, 1.165) is 11.1 Å². The maximum absolute atomic E-state index is 10.2. The van der Waals surface area contributed by atoms with E-state index in [9.17, 15) is 5.11 Å². The molecule has 0 amide bonds. The number of benzene rings is 2. The molecular formula is C17H19O. The molecule has 1 nitrogen and oxygen atoms in total. The van der Waals surface area contributed by atoms with E-state index < -0.39 is 0 Å². The predicted octanol–water partition coefficient (Wildman–Crippen LogP) is 4.28. The van der Waals surface area contributed by atoms with Gasteiger partial charge in [-0.3, -0.25) is 0 Å². The van der Waals surface area contributed by atoms with Crippen molar-refractivity contribution in [3.8, 4) is 0 Å². The van der Waals surface area contributed by atoms with Gasteiger partial charge in [0.15, 0.2) is 6.10 Å². The SMILES string of the molecule is CC(C)(C)c1ccc([C](O)c2ccccc2)cc1. The van der Waals surface area contributed by atoms with Gasteiger partial charge in [0.25, 0.3) is 0 Å². The lowest BCUT2D eigenvalue weighted by Gasteiger charge is -2.19. The lowest BCUT2D eigenvalue weighted by atomic mass is 9.86. The third-order valence-electron chi connectivity index (χ3n) is 3.07. The summed E-state index contributed by atoms with van der Waals surface area (Å²) < 4.78 is 0. The van der Waals surface area contributed by atoms with Crippen LogP contribution in [0, 0.1) is 6.10 Å². The van der Waals surface area contributed by atoms with E-state index in [1.165, 1.54) is 5.56 Å². The molecule has 2 aromatic rings. The van der Waals surface area contributed by atoms with Crippen LogP contribution in [0.3, 0.4) is 0 Å². The van der Waals surface area contributed by atoms with Crippen molar-refractivity contribution < 1.29 is 5.11 Å². The van der Waals surface area contributed by atoms with Gasteiger partial charge in [0.05, 0.1) is 0 Å². The Morgan fingerprint density at radius 3 is 1.78 bits per heavy atom. The molecule has 0 bridgehead atoms. The lowest BCUT2D eigenvalue weighted by Crippen LogP contribution is -2.11. The molecule has 0 saturated carbocycles. The minimum atomic E-state index is 0.140. The van der Waals surface area contributed by atoms with Gasteiger partial charge in [-0.05, 0) is 22.1 Å². The molecule has 0 atom stereocenters. The van der Waals surface area contributed by atoms with Crippen LogP contribution in [0.25, 0.3) is 0 Å². The maximum atomic E-state index is 10.2. The summed E-state index contributed by atoms with van der Waals surface area (Å²) in [6.07, 6.45) is 0.330. The molecule has 1 N–H and O–H groups in total. The van der Waals surface area contributed by atoms with Crippen LogP contribution in [0.15, 0.2) is 54.6 Å². The topological polar surface area (TPSA) is 20.2 Å². The number of aliphatic hydroxyl groups is 1. The van der Waals surface area contributed by atoms with Gasteiger partial charge in [-0.15, -0.1) is 0 Å². The first-order valence-corrected chi connectivity index (χ1v) is 6.21. The second-order valence-electron chi connectivity index (χ2n) is 5.54. The molecule has 93 valence electrons. The van der Waals surface area contributed by atoms with Gasteiger partial charge in [-0.25, -0.2) is 0 Å². The lowest BCUT2D eigenvalue weighted by molar-refractivity contribution is 0.356. The average molecular weight is 239 g/mol. The summed E-state index contributed by atoms with van der Waals surface area (Å²) in [5, 5.41) is 10.2. The summed E-state index contributed by atoms with van der Waals surface area (Å²) in [4.78, 5) is 0. The fourth-order valence-electron chi connectivity index (χ4n) is 1.89. The number of hydrogen-bond acceptors (Lipinski definition) is 1. The average Bonchev–Trinajstić information content (AvgIpc) is 2.38. The third kappa shape index (κ3) is 2.80. The highest BCUT2D eigenvalue weighted by Gasteiger charge is 2.15. The summed E-state index contributed by atoms with van der Waals surface area (Å²) in [6.45, 7) is 6.55. The summed E-state index contributed by atoms with van der Waals surface area (Å²) in [6, 6.07) is 17.7. The van der Waals surface area contributed by atoms with Crippen LogP contribution < -0.4 is 0 Å². The first-order chi connectivity index (χ1) is 8.48. The molecule has 2 aromatic carbocycles. The zero-order valence-electron chi connectivity index (χ0n) is 11.1. The Hall–Kier alpha value is -1.60. The second kappa shape index (κ2) is 4.95. The minimum absolute atomic E-state index is 0.140. The molecule has 0 unspecified atom stereocenters. The van der Waals surface area contributed by atoms with Crippen molar-refractivity contribution >= 4 is 0 Å². The fourth-order valence-corrected chi connectivity index (χ4v) is 1.89. The Morgan fingerprint density at radius 2 is 1.28 bits per heavy atom. The molecule has 0 aliphatic heterocycles. The predicted molar refractivity (Wildman–Crippen MR) is 75.0 cm³/mol. The van der Waals surface area contributed by atoms with Crippen molar-refractivity contribution in [2.24, 2.45) is 0 Å². The first-order valence-electron chi connectivity index (χ1n) is 6.21. The quantitative estimate of drug-likeness (QED) is 0.829. The van der Waals surface area contributed by atoms with Crippen LogP contribution in [-0.2, 0) is 5.41 Å². The van der Waals surface area contributed by atoms with E-state index in [1.807, 2.05) is 42.5 Å². The van der Waals surface area contributed by atoms with Gasteiger partial charge >= 0.3 is 0 Å². The van der Waals surface area contributed by atoms with Crippen LogP contribution in [0.4, 0.5) is 0 Å². The maximum Gasteiger partial charge on any atom is 0.152 e. The van der Waals surface area contributed by atoms with Gasteiger partial charge in [-0.1, -0.05) is 75.4 Å². The molecule has 0 aliphatic carbocycles. The minimum Gasteiger partial charge on any atom is -0.377 e. The van der Waals surface area contributed by atoms with Crippen molar-refractivity contribution in [1.29, 1.82) is 0 Å². The fraction of sp³-hybridized carbons (Fsp3) is 0.235. The second-order valence-corrected chi connectivity index (χ2v) is 5.54. The summed E-state index contributed by atoms with van der Waals surface area (Å²) in [7, 11) is 0. The Morgan fingerprint density at radius 1 is 0.778 bits per heavy atom. The Bertz CT molecular complexity index is 491. The zero-order chi connectivity index (χ0) is 13.2. The molecule has 0 fully saturated rings. The van der Waals surface area contributed by atoms with E-state index in [4.69, 9.17) is 0 Å². The Balaban J connectivity index is 2.25. The normalized spacial score (nSPS) is 11.8. The van der Waals surface area contributed by atoms with Gasteiger partial charge in [0.1, 0.15) is 0 Å². The van der Waals surface area contributed by atoms with Crippen LogP contribution in [0.1, 0.15) is 37.5 Å². The highest BCUT2D eigenvalue weighted by molar-refractivity contribution is 5.42. The van der Waals surface area contributed by atoms with Crippen molar-refractivity contribution in [2.45, 2.75) is 26.2 Å². The van der Waals surface area contributed by atoms with Gasteiger partial charge < -0.3 is 5.11 Å². The number of hydrogen-bond donors (Lipinski definition) is 1. The van der Waals surface area contributed by atoms with Crippen molar-refractivity contribution in [3.63, 3.8) is 0 Å². The van der Waals surface area contributed by atoms with Crippen LogP contribution >= 0.6 is 0 Å². The highest BCUT2D eigenvalue weighted by atomic mass is 16.3. The summed E-state index contributed by atoms with van der Waals surface area (Å²) in [5.74, 6) is 0. The number of aliphatic hydroxyl groups excluding tert-OH is 1. The van der Waals surface area contributed by atoms with E-state index in [0.29, 0.717) is 6.10 Å². The molecule has 0 heterocycles. The molecule has 2 rings (SSSR count). The van der Waals surface area contributed by atoms with Crippen molar-refractivity contribution in [3.05, 3.63) is 77.4 Å². The van der Waals surface area contributed by atoms with Crippen LogP contribution in [0.2, 0.25) is 0 Å². The van der Waals surface area contributed by atoms with Gasteiger partial charge in [-0.2, -0.15) is 0 Å². The highest BCUT2D eigenvalue weighted by Crippen LogP contribution is 2.25. The van der Waals surface area contributed by atoms with E-state index in [1.54, 1.807) is 0 Å². The largest absolute Gasteiger partial charge is 0.377 e. The van der Waals surface area contributed by atoms with E-state index >= 15 is 0 Å². The number of rotatable bonds is 2. The Labute approximate surface area is 109 Å². The molecule has 18 heavy (non-hydrogen) atoms. The third-order valence-corrected chi connectivity index (χ3v) is 3.07. The van der Waals surface area contributed by atoms with Crippen LogP contribution in [0.5, 0.6) is 0 Å². The van der Waals surface area contributed by atoms with Crippen LogP contribution in [-0.4, -0.2) is 5.11 Å². The van der Waals surface area contributed by atoms with E-state index in [-0.39, 0.29) is 5.41 Å². The van der Waals surface area contributed by atoms with E-state index in [2.05, 4.69) is 32.9 Å². The first kappa shape index (κ1) is 12.8. The molecular weight excluding hydrogens is 220 g/mol. The van der Waals surface area contributed by atoms with Gasteiger partial charge in [0, 0.05) is 0 Å². The zero-order valence-corrected chi connectivity index (χ0v) is 11.1. The standard InChI is InChI=1S/C17H19O/c1-17(2,3)15-11-9-14(10-12-15)16(18)13-7-5-4-6-8-13/h4-12,18H,1-3H3. The molecule has 1 radical (unpaired) electrons. The van der Waals surface area contributed by atoms with Gasteiger partial charge in [0.2, 0.25) is 0 Å². The molecule has 0 saturated heterocycles. The molecule has 1 heteroatoms. The molecule has 0 aromatic heterocycles. The summed E-state index contributed by atoms with van der Waals surface area (Å²) >= 11 is 0. The molecule has 0 spiro atoms. The van der Waals surface area contributed by atoms with Crippen molar-refractivity contribution in [1.82, 2.24) is 0 Å². The molecule has 0 aliphatic rings. The monoisotopic (exact) mass is 239 g/mol. The van der Waals surface area contributed by atoms with Crippen molar-refractivity contribution in [2.75, 3.05) is 0 Å². The smallest absolute Gasteiger partial charge is 0.152 e. The Kier molecular flexibility index (Phi) is 3.53.